The predicted octanol–water partition coefficient (Wildman–Crippen LogP) is 4.65. The van der Waals surface area contributed by atoms with Gasteiger partial charge in [-0.15, -0.1) is 0 Å². The molecule has 0 heterocycles. The van der Waals surface area contributed by atoms with Crippen molar-refractivity contribution in [2.45, 2.75) is 31.5 Å². The smallest absolute Gasteiger partial charge is 0.0403 e. The number of hydrogen-bond donors (Lipinski definition) is 0. The van der Waals surface area contributed by atoms with Crippen molar-refractivity contribution in [3.8, 4) is 0 Å². The van der Waals surface area contributed by atoms with Crippen LogP contribution in [0.2, 0.25) is 0 Å². The second-order valence-electron chi connectivity index (χ2n) is 5.07. The van der Waals surface area contributed by atoms with Crippen molar-refractivity contribution in [3.05, 3.63) is 42.0 Å². The maximum absolute atomic E-state index is 3.80. The van der Waals surface area contributed by atoms with Crippen LogP contribution in [0.4, 0.5) is 0 Å². The highest BCUT2D eigenvalue weighted by Gasteiger charge is 2.28. The molecule has 0 bridgehead atoms. The molecule has 0 N–H and O–H groups in total. The highest BCUT2D eigenvalue weighted by atomic mass is 79.9. The van der Waals surface area contributed by atoms with E-state index < -0.39 is 0 Å². The Morgan fingerprint density at radius 2 is 1.87 bits per heavy atom. The minimum absolute atomic E-state index is 0.437. The maximum atomic E-state index is 3.80. The summed E-state index contributed by atoms with van der Waals surface area (Å²) in [5.74, 6) is 0. The van der Waals surface area contributed by atoms with Gasteiger partial charge in [0, 0.05) is 4.83 Å². The van der Waals surface area contributed by atoms with Gasteiger partial charge in [-0.1, -0.05) is 66.2 Å². The highest BCUT2D eigenvalue weighted by molar-refractivity contribution is 9.09. The van der Waals surface area contributed by atoms with Crippen LogP contribution in [0.3, 0.4) is 0 Å². The summed E-state index contributed by atoms with van der Waals surface area (Å²) in [6.07, 6.45) is 4.78. The standard InChI is InChI=1S/C14H17Br/c1-14(2)9-8-12(13(15)10-14)11-6-4-3-5-7-11/h3-8,13H,9-10H2,1-2H3. The number of allylic oxidation sites excluding steroid dienone is 2. The van der Waals surface area contributed by atoms with E-state index in [1.54, 1.807) is 0 Å². The molecule has 80 valence electrons. The molecule has 1 heteroatoms. The first-order valence-corrected chi connectivity index (χ1v) is 6.40. The topological polar surface area (TPSA) is 0 Å². The molecule has 0 fully saturated rings. The fraction of sp³-hybridized carbons (Fsp3) is 0.429. The molecule has 1 atom stereocenters. The third-order valence-corrected chi connectivity index (χ3v) is 3.87. The van der Waals surface area contributed by atoms with Crippen LogP contribution in [0.1, 0.15) is 32.3 Å². The van der Waals surface area contributed by atoms with Crippen molar-refractivity contribution in [1.82, 2.24) is 0 Å². The van der Waals surface area contributed by atoms with E-state index in [-0.39, 0.29) is 0 Å². The first-order valence-electron chi connectivity index (χ1n) is 5.48. The average molecular weight is 265 g/mol. The van der Waals surface area contributed by atoms with Gasteiger partial charge < -0.3 is 0 Å². The zero-order chi connectivity index (χ0) is 10.9. The molecular weight excluding hydrogens is 248 g/mol. The summed E-state index contributed by atoms with van der Waals surface area (Å²) in [4.78, 5) is 0.503. The van der Waals surface area contributed by atoms with Gasteiger partial charge in [0.1, 0.15) is 0 Å². The molecule has 0 saturated carbocycles. The van der Waals surface area contributed by atoms with E-state index in [1.807, 2.05) is 0 Å². The Hall–Kier alpha value is -0.560. The van der Waals surface area contributed by atoms with E-state index in [9.17, 15) is 0 Å². The van der Waals surface area contributed by atoms with Crippen molar-refractivity contribution in [1.29, 1.82) is 0 Å². The number of alkyl halides is 1. The molecule has 0 spiro atoms. The lowest BCUT2D eigenvalue weighted by molar-refractivity contribution is 0.340. The monoisotopic (exact) mass is 264 g/mol. The summed E-state index contributed by atoms with van der Waals surface area (Å²) in [6, 6.07) is 10.7. The maximum Gasteiger partial charge on any atom is 0.0403 e. The molecule has 0 nitrogen and oxygen atoms in total. The van der Waals surface area contributed by atoms with Gasteiger partial charge in [-0.2, -0.15) is 0 Å². The number of hydrogen-bond acceptors (Lipinski definition) is 0. The lowest BCUT2D eigenvalue weighted by Gasteiger charge is -2.32. The molecule has 0 amide bonds. The van der Waals surface area contributed by atoms with E-state index in [4.69, 9.17) is 0 Å². The Morgan fingerprint density at radius 1 is 1.20 bits per heavy atom. The van der Waals surface area contributed by atoms with Crippen molar-refractivity contribution in [2.75, 3.05) is 0 Å². The first kappa shape index (κ1) is 10.9. The molecule has 0 saturated heterocycles. The van der Waals surface area contributed by atoms with Crippen LogP contribution < -0.4 is 0 Å². The Kier molecular flexibility index (Phi) is 3.01. The molecule has 1 aromatic carbocycles. The summed E-state index contributed by atoms with van der Waals surface area (Å²) in [7, 11) is 0. The van der Waals surface area contributed by atoms with E-state index in [0.717, 1.165) is 0 Å². The predicted molar refractivity (Wildman–Crippen MR) is 70.1 cm³/mol. The lowest BCUT2D eigenvalue weighted by atomic mass is 9.77. The minimum Gasteiger partial charge on any atom is -0.0838 e. The largest absolute Gasteiger partial charge is 0.0838 e. The molecule has 1 aliphatic carbocycles. The van der Waals surface area contributed by atoms with Crippen LogP contribution in [0.5, 0.6) is 0 Å². The molecule has 1 unspecified atom stereocenters. The van der Waals surface area contributed by atoms with Crippen LogP contribution in [0, 0.1) is 5.41 Å². The van der Waals surface area contributed by atoms with Crippen LogP contribution in [0.15, 0.2) is 36.4 Å². The average Bonchev–Trinajstić information content (AvgIpc) is 2.17. The van der Waals surface area contributed by atoms with Crippen LogP contribution in [0.25, 0.3) is 5.57 Å². The molecule has 0 aromatic heterocycles. The summed E-state index contributed by atoms with van der Waals surface area (Å²) < 4.78 is 0. The van der Waals surface area contributed by atoms with E-state index in [0.29, 0.717) is 10.2 Å². The zero-order valence-corrected chi connectivity index (χ0v) is 10.9. The van der Waals surface area contributed by atoms with Gasteiger partial charge in [0.25, 0.3) is 0 Å². The Morgan fingerprint density at radius 3 is 2.47 bits per heavy atom. The minimum atomic E-state index is 0.437. The number of halogens is 1. The first-order chi connectivity index (χ1) is 7.08. The van der Waals surface area contributed by atoms with Crippen LogP contribution in [-0.4, -0.2) is 4.83 Å². The van der Waals surface area contributed by atoms with Gasteiger partial charge in [0.15, 0.2) is 0 Å². The van der Waals surface area contributed by atoms with Gasteiger partial charge in [-0.25, -0.2) is 0 Å². The third-order valence-electron chi connectivity index (χ3n) is 3.05. The second-order valence-corrected chi connectivity index (χ2v) is 6.17. The van der Waals surface area contributed by atoms with Gasteiger partial charge in [0.2, 0.25) is 0 Å². The Balaban J connectivity index is 2.28. The van der Waals surface area contributed by atoms with Gasteiger partial charge >= 0.3 is 0 Å². The summed E-state index contributed by atoms with van der Waals surface area (Å²) in [5.41, 5.74) is 3.25. The lowest BCUT2D eigenvalue weighted by Crippen LogP contribution is -2.21. The SMILES string of the molecule is CC1(C)CC=C(c2ccccc2)C(Br)C1. The fourth-order valence-electron chi connectivity index (χ4n) is 2.12. The number of rotatable bonds is 1. The summed E-state index contributed by atoms with van der Waals surface area (Å²) in [6.45, 7) is 4.67. The van der Waals surface area contributed by atoms with Crippen LogP contribution >= 0.6 is 15.9 Å². The number of benzene rings is 1. The van der Waals surface area contributed by atoms with E-state index in [1.165, 1.54) is 24.0 Å². The van der Waals surface area contributed by atoms with Crippen molar-refractivity contribution >= 4 is 21.5 Å². The summed E-state index contributed by atoms with van der Waals surface area (Å²) >= 11 is 3.80. The normalized spacial score (nSPS) is 24.7. The highest BCUT2D eigenvalue weighted by Crippen LogP contribution is 2.41. The van der Waals surface area contributed by atoms with E-state index in [2.05, 4.69) is 66.2 Å². The third kappa shape index (κ3) is 2.52. The molecular formula is C14H17Br. The van der Waals surface area contributed by atoms with Crippen molar-refractivity contribution in [2.24, 2.45) is 5.41 Å². The van der Waals surface area contributed by atoms with E-state index >= 15 is 0 Å². The Bertz CT molecular complexity index is 362. The molecule has 1 aromatic rings. The zero-order valence-electron chi connectivity index (χ0n) is 9.33. The molecule has 0 radical (unpaired) electrons. The van der Waals surface area contributed by atoms with Gasteiger partial charge in [-0.05, 0) is 29.4 Å². The van der Waals surface area contributed by atoms with Gasteiger partial charge in [-0.3, -0.25) is 0 Å². The fourth-order valence-corrected chi connectivity index (χ4v) is 3.45. The molecule has 0 aliphatic heterocycles. The Labute approximate surface area is 101 Å². The molecule has 1 aliphatic rings. The van der Waals surface area contributed by atoms with Crippen molar-refractivity contribution in [3.63, 3.8) is 0 Å². The molecule has 15 heavy (non-hydrogen) atoms. The molecule has 2 rings (SSSR count). The van der Waals surface area contributed by atoms with Crippen LogP contribution in [-0.2, 0) is 0 Å². The van der Waals surface area contributed by atoms with Gasteiger partial charge in [0.05, 0.1) is 0 Å². The van der Waals surface area contributed by atoms with Crippen molar-refractivity contribution < 1.29 is 0 Å². The quantitative estimate of drug-likeness (QED) is 0.648. The second kappa shape index (κ2) is 4.13. The summed E-state index contributed by atoms with van der Waals surface area (Å²) in [5, 5.41) is 0.